The fourth-order valence-electron chi connectivity index (χ4n) is 1.66. The minimum absolute atomic E-state index is 0.0935. The highest BCUT2D eigenvalue weighted by molar-refractivity contribution is 5.89. The van der Waals surface area contributed by atoms with Gasteiger partial charge in [-0.25, -0.2) is 9.36 Å². The molecule has 0 radical (unpaired) electrons. The van der Waals surface area contributed by atoms with Crippen LogP contribution in [0.5, 0.6) is 0 Å². The van der Waals surface area contributed by atoms with E-state index in [-0.39, 0.29) is 18.5 Å². The monoisotopic (exact) mass is 263 g/mol. The molecule has 0 saturated heterocycles. The van der Waals surface area contributed by atoms with Gasteiger partial charge in [0.05, 0.1) is 18.1 Å². The lowest BCUT2D eigenvalue weighted by molar-refractivity contribution is -0.117. The van der Waals surface area contributed by atoms with E-state index in [1.165, 1.54) is 4.68 Å². The van der Waals surface area contributed by atoms with Crippen LogP contribution in [0.15, 0.2) is 18.5 Å². The van der Waals surface area contributed by atoms with Crippen molar-refractivity contribution in [1.82, 2.24) is 24.8 Å². The fraction of sp³-hybridized carbons (Fsp3) is 0.455. The molecule has 0 saturated carbocycles. The molecule has 0 atom stereocenters. The number of carbonyl (C=O) groups excluding carboxylic acids is 1. The average Bonchev–Trinajstić information content (AvgIpc) is 2.97. The number of nitrogens with one attached hydrogen (secondary N) is 1. The molecule has 8 nitrogen and oxygen atoms in total. The van der Waals surface area contributed by atoms with Crippen LogP contribution in [-0.2, 0) is 17.9 Å². The summed E-state index contributed by atoms with van der Waals surface area (Å²) in [4.78, 5) is 11.9. The third-order valence-electron chi connectivity index (χ3n) is 2.53. The molecule has 1 amide bonds. The van der Waals surface area contributed by atoms with Crippen LogP contribution in [0.25, 0.3) is 0 Å². The van der Waals surface area contributed by atoms with E-state index < -0.39 is 0 Å². The van der Waals surface area contributed by atoms with Crippen LogP contribution in [0.2, 0.25) is 0 Å². The number of aromatic nitrogens is 5. The van der Waals surface area contributed by atoms with Crippen molar-refractivity contribution in [3.05, 3.63) is 24.2 Å². The summed E-state index contributed by atoms with van der Waals surface area (Å²) in [6, 6.07) is 1.94. The first-order chi connectivity index (χ1) is 9.10. The smallest absolute Gasteiger partial charge is 0.247 e. The number of rotatable bonds is 5. The summed E-state index contributed by atoms with van der Waals surface area (Å²) in [6.45, 7) is 4.39. The van der Waals surface area contributed by atoms with Crippen molar-refractivity contribution in [2.24, 2.45) is 5.73 Å². The van der Waals surface area contributed by atoms with Crippen LogP contribution >= 0.6 is 0 Å². The first kappa shape index (κ1) is 13.2. The maximum absolute atomic E-state index is 11.9. The molecule has 0 aliphatic heterocycles. The molecule has 0 aromatic carbocycles. The van der Waals surface area contributed by atoms with Gasteiger partial charge in [0.15, 0.2) is 0 Å². The van der Waals surface area contributed by atoms with E-state index in [4.69, 9.17) is 5.73 Å². The van der Waals surface area contributed by atoms with Crippen molar-refractivity contribution < 1.29 is 4.79 Å². The maximum atomic E-state index is 11.9. The molecule has 2 heterocycles. The summed E-state index contributed by atoms with van der Waals surface area (Å²) in [7, 11) is 0. The molecule has 0 aliphatic rings. The molecule has 0 fully saturated rings. The molecule has 3 N–H and O–H groups in total. The van der Waals surface area contributed by atoms with Gasteiger partial charge < -0.3 is 11.1 Å². The lowest BCUT2D eigenvalue weighted by atomic mass is 10.4. The van der Waals surface area contributed by atoms with Crippen LogP contribution in [0.3, 0.4) is 0 Å². The van der Waals surface area contributed by atoms with Crippen molar-refractivity contribution in [3.8, 4) is 0 Å². The molecule has 19 heavy (non-hydrogen) atoms. The number of hydrogen-bond acceptors (Lipinski definition) is 5. The highest BCUT2D eigenvalue weighted by Gasteiger charge is 2.10. The standard InChI is InChI=1S/C11H17N7O/c1-8(2)18-10(3-4-13-18)14-11(19)7-17-6-9(5-12)15-16-17/h3-4,6,8H,5,7,12H2,1-2H3,(H,14,19). The van der Waals surface area contributed by atoms with Gasteiger partial charge in [0.2, 0.25) is 5.91 Å². The highest BCUT2D eigenvalue weighted by Crippen LogP contribution is 2.12. The van der Waals surface area contributed by atoms with E-state index in [1.54, 1.807) is 23.1 Å². The summed E-state index contributed by atoms with van der Waals surface area (Å²) in [6.07, 6.45) is 3.30. The van der Waals surface area contributed by atoms with Crippen LogP contribution in [0.4, 0.5) is 5.82 Å². The molecular formula is C11H17N7O. The summed E-state index contributed by atoms with van der Waals surface area (Å²) < 4.78 is 3.19. The first-order valence-corrected chi connectivity index (χ1v) is 6.02. The zero-order chi connectivity index (χ0) is 13.8. The Kier molecular flexibility index (Phi) is 3.91. The highest BCUT2D eigenvalue weighted by atomic mass is 16.2. The molecule has 8 heteroatoms. The largest absolute Gasteiger partial charge is 0.325 e. The number of nitrogens with zero attached hydrogens (tertiary/aromatic N) is 5. The van der Waals surface area contributed by atoms with Crippen LogP contribution in [0, 0.1) is 0 Å². The topological polar surface area (TPSA) is 104 Å². The van der Waals surface area contributed by atoms with E-state index in [9.17, 15) is 4.79 Å². The average molecular weight is 263 g/mol. The van der Waals surface area contributed by atoms with Gasteiger partial charge in [-0.2, -0.15) is 5.10 Å². The maximum Gasteiger partial charge on any atom is 0.247 e. The van der Waals surface area contributed by atoms with E-state index >= 15 is 0 Å². The van der Waals surface area contributed by atoms with Crippen LogP contribution < -0.4 is 11.1 Å². The molecule has 2 rings (SSSR count). The predicted molar refractivity (Wildman–Crippen MR) is 69.2 cm³/mol. The quantitative estimate of drug-likeness (QED) is 0.799. The van der Waals surface area contributed by atoms with Gasteiger partial charge >= 0.3 is 0 Å². The zero-order valence-electron chi connectivity index (χ0n) is 10.9. The molecule has 2 aromatic heterocycles. The molecule has 0 unspecified atom stereocenters. The summed E-state index contributed by atoms with van der Waals surface area (Å²) in [5.41, 5.74) is 6.08. The Labute approximate surface area is 110 Å². The van der Waals surface area contributed by atoms with Gasteiger partial charge in [-0.15, -0.1) is 5.10 Å². The Balaban J connectivity index is 1.99. The lowest BCUT2D eigenvalue weighted by Crippen LogP contribution is -2.21. The van der Waals surface area contributed by atoms with Crippen molar-refractivity contribution in [3.63, 3.8) is 0 Å². The van der Waals surface area contributed by atoms with Gasteiger partial charge in [-0.1, -0.05) is 5.21 Å². The second kappa shape index (κ2) is 5.61. The van der Waals surface area contributed by atoms with Crippen molar-refractivity contribution in [2.75, 3.05) is 5.32 Å². The van der Waals surface area contributed by atoms with E-state index in [0.717, 1.165) is 0 Å². The van der Waals surface area contributed by atoms with Gasteiger partial charge in [0.1, 0.15) is 12.4 Å². The summed E-state index contributed by atoms with van der Waals surface area (Å²) >= 11 is 0. The third-order valence-corrected chi connectivity index (χ3v) is 2.53. The minimum atomic E-state index is -0.184. The van der Waals surface area contributed by atoms with Crippen molar-refractivity contribution in [2.45, 2.75) is 33.0 Å². The number of hydrogen-bond donors (Lipinski definition) is 2. The Hall–Kier alpha value is -2.22. The molecule has 102 valence electrons. The third kappa shape index (κ3) is 3.16. The Morgan fingerprint density at radius 3 is 2.95 bits per heavy atom. The second-order valence-electron chi connectivity index (χ2n) is 4.41. The van der Waals surface area contributed by atoms with Crippen molar-refractivity contribution >= 4 is 11.7 Å². The summed E-state index contributed by atoms with van der Waals surface area (Å²) in [5.74, 6) is 0.482. The lowest BCUT2D eigenvalue weighted by Gasteiger charge is -2.11. The molecule has 0 bridgehead atoms. The molecule has 0 spiro atoms. The van der Waals surface area contributed by atoms with Crippen LogP contribution in [-0.4, -0.2) is 30.7 Å². The van der Waals surface area contributed by atoms with Gasteiger partial charge in [-0.3, -0.25) is 4.79 Å². The van der Waals surface area contributed by atoms with Gasteiger partial charge in [-0.05, 0) is 13.8 Å². The van der Waals surface area contributed by atoms with Crippen LogP contribution in [0.1, 0.15) is 25.6 Å². The molecular weight excluding hydrogens is 246 g/mol. The van der Waals surface area contributed by atoms with Gasteiger partial charge in [0, 0.05) is 18.7 Å². The Morgan fingerprint density at radius 2 is 2.32 bits per heavy atom. The normalized spacial score (nSPS) is 10.9. The molecule has 0 aliphatic carbocycles. The first-order valence-electron chi connectivity index (χ1n) is 6.02. The van der Waals surface area contributed by atoms with E-state index in [1.807, 2.05) is 13.8 Å². The minimum Gasteiger partial charge on any atom is -0.325 e. The second-order valence-corrected chi connectivity index (χ2v) is 4.41. The zero-order valence-corrected chi connectivity index (χ0v) is 10.9. The molecule has 2 aromatic rings. The SMILES string of the molecule is CC(C)n1nccc1NC(=O)Cn1cc(CN)nn1. The Morgan fingerprint density at radius 1 is 1.53 bits per heavy atom. The Bertz CT molecular complexity index is 557. The van der Waals surface area contributed by atoms with Gasteiger partial charge in [0.25, 0.3) is 0 Å². The summed E-state index contributed by atoms with van der Waals surface area (Å²) in [5, 5.41) is 14.6. The predicted octanol–water partition coefficient (Wildman–Crippen LogP) is 0.153. The number of amides is 1. The number of carbonyl (C=O) groups is 1. The number of nitrogens with two attached hydrogens (primary N) is 1. The fourth-order valence-corrected chi connectivity index (χ4v) is 1.66. The van der Waals surface area contributed by atoms with E-state index in [2.05, 4.69) is 20.7 Å². The van der Waals surface area contributed by atoms with E-state index in [0.29, 0.717) is 18.1 Å². The number of anilines is 1. The van der Waals surface area contributed by atoms with Crippen molar-refractivity contribution in [1.29, 1.82) is 0 Å².